The molecular weight excluding hydrogens is 284 g/mol. The molecule has 0 saturated carbocycles. The Labute approximate surface area is 129 Å². The Kier molecular flexibility index (Phi) is 3.63. The quantitative estimate of drug-likeness (QED) is 0.923. The van der Waals surface area contributed by atoms with Gasteiger partial charge in [-0.25, -0.2) is 9.97 Å². The summed E-state index contributed by atoms with van der Waals surface area (Å²) in [5.74, 6) is 1.41. The molecule has 2 aromatic rings. The third kappa shape index (κ3) is 2.88. The van der Waals surface area contributed by atoms with E-state index >= 15 is 0 Å². The lowest BCUT2D eigenvalue weighted by atomic mass is 10.1. The van der Waals surface area contributed by atoms with E-state index in [2.05, 4.69) is 37.6 Å². The molecule has 2 aromatic heterocycles. The van der Waals surface area contributed by atoms with E-state index < -0.39 is 0 Å². The van der Waals surface area contributed by atoms with Crippen molar-refractivity contribution in [1.82, 2.24) is 14.9 Å². The molecular formula is C15H22N4OS. The second-order valence-electron chi connectivity index (χ2n) is 6.31. The van der Waals surface area contributed by atoms with Gasteiger partial charge in [0.2, 0.25) is 0 Å². The van der Waals surface area contributed by atoms with Gasteiger partial charge in [-0.1, -0.05) is 0 Å². The van der Waals surface area contributed by atoms with Gasteiger partial charge in [-0.2, -0.15) is 0 Å². The van der Waals surface area contributed by atoms with Gasteiger partial charge in [0, 0.05) is 18.0 Å². The number of morpholine rings is 1. The second-order valence-corrected chi connectivity index (χ2v) is 7.51. The van der Waals surface area contributed by atoms with Gasteiger partial charge < -0.3 is 10.5 Å². The summed E-state index contributed by atoms with van der Waals surface area (Å²) < 4.78 is 5.74. The van der Waals surface area contributed by atoms with Crippen LogP contribution >= 0.6 is 11.3 Å². The van der Waals surface area contributed by atoms with Crippen LogP contribution in [0, 0.1) is 13.8 Å². The molecule has 0 amide bonds. The first kappa shape index (κ1) is 14.7. The van der Waals surface area contributed by atoms with Crippen LogP contribution in [0.5, 0.6) is 0 Å². The van der Waals surface area contributed by atoms with Crippen molar-refractivity contribution in [2.24, 2.45) is 0 Å². The highest BCUT2D eigenvalue weighted by molar-refractivity contribution is 7.18. The normalized spacial score (nSPS) is 19.2. The zero-order chi connectivity index (χ0) is 15.2. The predicted molar refractivity (Wildman–Crippen MR) is 86.6 cm³/mol. The number of thiophene rings is 1. The summed E-state index contributed by atoms with van der Waals surface area (Å²) in [5, 5.41) is 1.02. The molecule has 5 nitrogen and oxygen atoms in total. The summed E-state index contributed by atoms with van der Waals surface area (Å²) in [6.07, 6.45) is 0. The topological polar surface area (TPSA) is 64.3 Å². The highest BCUT2D eigenvalue weighted by Crippen LogP contribution is 2.32. The van der Waals surface area contributed by atoms with Gasteiger partial charge in [0.25, 0.3) is 0 Å². The van der Waals surface area contributed by atoms with Crippen LogP contribution in [0.1, 0.15) is 30.1 Å². The van der Waals surface area contributed by atoms with E-state index in [1.165, 1.54) is 10.4 Å². The Bertz CT molecular complexity index is 680. The SMILES string of the molecule is Cc1sc2nc(CN3CCOC(C)(C)C3)nc(N)c2c1C. The molecule has 0 aliphatic carbocycles. The number of anilines is 1. The van der Waals surface area contributed by atoms with E-state index in [-0.39, 0.29) is 5.60 Å². The first-order valence-corrected chi connectivity index (χ1v) is 8.06. The fraction of sp³-hybridized carbons (Fsp3) is 0.600. The first-order valence-electron chi connectivity index (χ1n) is 7.24. The summed E-state index contributed by atoms with van der Waals surface area (Å²) in [6, 6.07) is 0. The molecule has 21 heavy (non-hydrogen) atoms. The van der Waals surface area contributed by atoms with Gasteiger partial charge in [-0.05, 0) is 33.3 Å². The molecule has 1 aliphatic rings. The van der Waals surface area contributed by atoms with Crippen molar-refractivity contribution in [1.29, 1.82) is 0 Å². The van der Waals surface area contributed by atoms with Gasteiger partial charge in [-0.3, -0.25) is 4.90 Å². The predicted octanol–water partition coefficient (Wildman–Crippen LogP) is 2.50. The molecule has 114 valence electrons. The second kappa shape index (κ2) is 5.19. The Morgan fingerprint density at radius 3 is 2.81 bits per heavy atom. The van der Waals surface area contributed by atoms with E-state index in [1.807, 2.05) is 0 Å². The third-order valence-corrected chi connectivity index (χ3v) is 5.07. The van der Waals surface area contributed by atoms with Crippen molar-refractivity contribution in [3.05, 3.63) is 16.3 Å². The Morgan fingerprint density at radius 2 is 2.10 bits per heavy atom. The highest BCUT2D eigenvalue weighted by Gasteiger charge is 2.27. The van der Waals surface area contributed by atoms with Crippen LogP contribution in [0.3, 0.4) is 0 Å². The number of rotatable bonds is 2. The fourth-order valence-electron chi connectivity index (χ4n) is 2.85. The van der Waals surface area contributed by atoms with Gasteiger partial charge in [-0.15, -0.1) is 11.3 Å². The molecule has 0 aromatic carbocycles. The van der Waals surface area contributed by atoms with Gasteiger partial charge in [0.15, 0.2) is 0 Å². The summed E-state index contributed by atoms with van der Waals surface area (Å²) >= 11 is 1.69. The largest absolute Gasteiger partial charge is 0.383 e. The molecule has 0 radical (unpaired) electrons. The molecule has 1 aliphatic heterocycles. The van der Waals surface area contributed by atoms with Crippen LogP contribution in [-0.2, 0) is 11.3 Å². The summed E-state index contributed by atoms with van der Waals surface area (Å²) in [4.78, 5) is 13.8. The van der Waals surface area contributed by atoms with Crippen molar-refractivity contribution < 1.29 is 4.74 Å². The fourth-order valence-corrected chi connectivity index (χ4v) is 3.90. The van der Waals surface area contributed by atoms with Crippen LogP contribution in [0.2, 0.25) is 0 Å². The molecule has 0 bridgehead atoms. The van der Waals surface area contributed by atoms with Crippen LogP contribution in [0.25, 0.3) is 10.2 Å². The number of nitrogens with two attached hydrogens (primary N) is 1. The van der Waals surface area contributed by atoms with E-state index in [0.29, 0.717) is 5.82 Å². The first-order chi connectivity index (χ1) is 9.85. The lowest BCUT2D eigenvalue weighted by Gasteiger charge is -2.37. The van der Waals surface area contributed by atoms with E-state index in [1.54, 1.807) is 11.3 Å². The number of nitrogens with zero attached hydrogens (tertiary/aromatic N) is 3. The van der Waals surface area contributed by atoms with Crippen molar-refractivity contribution >= 4 is 27.4 Å². The maximum absolute atomic E-state index is 6.14. The molecule has 0 atom stereocenters. The van der Waals surface area contributed by atoms with E-state index in [4.69, 9.17) is 15.5 Å². The maximum Gasteiger partial charge on any atom is 0.146 e. The minimum atomic E-state index is -0.107. The summed E-state index contributed by atoms with van der Waals surface area (Å²) in [5.41, 5.74) is 7.24. The van der Waals surface area contributed by atoms with E-state index in [0.717, 1.165) is 42.3 Å². The number of fused-ring (bicyclic) bond motifs is 1. The lowest BCUT2D eigenvalue weighted by Crippen LogP contribution is -2.47. The Morgan fingerprint density at radius 1 is 1.33 bits per heavy atom. The number of aryl methyl sites for hydroxylation is 2. The standard InChI is InChI=1S/C15H22N4OS/c1-9-10(2)21-14-12(9)13(16)17-11(18-14)7-19-5-6-20-15(3,4)8-19/h5-8H2,1-4H3,(H2,16,17,18). The average molecular weight is 306 g/mol. The summed E-state index contributed by atoms with van der Waals surface area (Å²) in [6.45, 7) is 11.7. The number of aromatic nitrogens is 2. The van der Waals surface area contributed by atoms with Crippen molar-refractivity contribution in [3.63, 3.8) is 0 Å². The minimum Gasteiger partial charge on any atom is -0.383 e. The molecule has 1 saturated heterocycles. The van der Waals surface area contributed by atoms with Crippen LogP contribution in [-0.4, -0.2) is 40.2 Å². The number of hydrogen-bond donors (Lipinski definition) is 1. The van der Waals surface area contributed by atoms with Crippen LogP contribution in [0.4, 0.5) is 5.82 Å². The van der Waals surface area contributed by atoms with Crippen molar-refractivity contribution in [3.8, 4) is 0 Å². The van der Waals surface area contributed by atoms with Gasteiger partial charge >= 0.3 is 0 Å². The molecule has 3 rings (SSSR count). The Balaban J connectivity index is 1.88. The highest BCUT2D eigenvalue weighted by atomic mass is 32.1. The lowest BCUT2D eigenvalue weighted by molar-refractivity contribution is -0.0887. The molecule has 0 spiro atoms. The van der Waals surface area contributed by atoms with Crippen molar-refractivity contribution in [2.45, 2.75) is 39.8 Å². The molecule has 1 fully saturated rings. The van der Waals surface area contributed by atoms with Crippen LogP contribution in [0.15, 0.2) is 0 Å². The van der Waals surface area contributed by atoms with Gasteiger partial charge in [0.1, 0.15) is 16.5 Å². The molecule has 3 heterocycles. The maximum atomic E-state index is 6.14. The average Bonchev–Trinajstić information content (AvgIpc) is 2.63. The zero-order valence-corrected chi connectivity index (χ0v) is 13.9. The number of ether oxygens (including phenoxy) is 1. The Hall–Kier alpha value is -1.24. The zero-order valence-electron chi connectivity index (χ0n) is 13.1. The van der Waals surface area contributed by atoms with Gasteiger partial charge in [0.05, 0.1) is 24.1 Å². The third-order valence-electron chi connectivity index (χ3n) is 3.97. The van der Waals surface area contributed by atoms with Crippen molar-refractivity contribution in [2.75, 3.05) is 25.4 Å². The number of nitrogen functional groups attached to an aromatic ring is 1. The molecule has 0 unspecified atom stereocenters. The monoisotopic (exact) mass is 306 g/mol. The number of hydrogen-bond acceptors (Lipinski definition) is 6. The summed E-state index contributed by atoms with van der Waals surface area (Å²) in [7, 11) is 0. The molecule has 6 heteroatoms. The van der Waals surface area contributed by atoms with E-state index in [9.17, 15) is 0 Å². The van der Waals surface area contributed by atoms with Crippen LogP contribution < -0.4 is 5.73 Å². The molecule has 2 N–H and O–H groups in total. The minimum absolute atomic E-state index is 0.107. The smallest absolute Gasteiger partial charge is 0.146 e.